The standard InChI is InChI=1S/C20H25N5O5S/c1-2-30-19(26)15-4-9-18(22-14-15)24-10-3-11-25(13-12-24)20(27)23-16-5-7-17(8-6-16)31(21,28)29/h4-9,14H,2-3,10-13H2,1H3,(H,23,27)(H2,21,28,29). The van der Waals surface area contributed by atoms with Gasteiger partial charge >= 0.3 is 12.0 Å². The Labute approximate surface area is 181 Å². The topological polar surface area (TPSA) is 135 Å². The van der Waals surface area contributed by atoms with E-state index in [1.165, 1.54) is 30.5 Å². The van der Waals surface area contributed by atoms with Gasteiger partial charge in [0.05, 0.1) is 17.1 Å². The molecule has 1 aliphatic heterocycles. The van der Waals surface area contributed by atoms with Gasteiger partial charge in [-0.3, -0.25) is 0 Å². The van der Waals surface area contributed by atoms with Gasteiger partial charge in [-0.25, -0.2) is 28.1 Å². The first-order valence-electron chi connectivity index (χ1n) is 9.85. The maximum absolute atomic E-state index is 12.6. The van der Waals surface area contributed by atoms with Crippen LogP contribution in [0.5, 0.6) is 0 Å². The van der Waals surface area contributed by atoms with E-state index in [1.54, 1.807) is 24.0 Å². The molecular weight excluding hydrogens is 422 g/mol. The number of nitrogens with one attached hydrogen (secondary N) is 1. The molecule has 10 nitrogen and oxygen atoms in total. The Bertz CT molecular complexity index is 1020. The van der Waals surface area contributed by atoms with Crippen LogP contribution in [0.25, 0.3) is 0 Å². The molecule has 1 aliphatic rings. The summed E-state index contributed by atoms with van der Waals surface area (Å²) in [5.74, 6) is 0.325. The molecular formula is C20H25N5O5S. The molecule has 0 spiro atoms. The van der Waals surface area contributed by atoms with Crippen molar-refractivity contribution in [1.29, 1.82) is 0 Å². The van der Waals surface area contributed by atoms with Crippen molar-refractivity contribution in [3.8, 4) is 0 Å². The lowest BCUT2D eigenvalue weighted by molar-refractivity contribution is 0.0526. The third kappa shape index (κ3) is 5.92. The number of anilines is 2. The normalized spacial score (nSPS) is 14.6. The summed E-state index contributed by atoms with van der Waals surface area (Å²) in [5, 5.41) is 7.85. The fourth-order valence-corrected chi connectivity index (χ4v) is 3.70. The zero-order valence-electron chi connectivity index (χ0n) is 17.2. The van der Waals surface area contributed by atoms with E-state index in [4.69, 9.17) is 9.88 Å². The number of benzene rings is 1. The maximum Gasteiger partial charge on any atom is 0.339 e. The molecule has 3 rings (SSSR count). The van der Waals surface area contributed by atoms with Crippen molar-refractivity contribution in [2.45, 2.75) is 18.2 Å². The van der Waals surface area contributed by atoms with Crippen LogP contribution in [0, 0.1) is 0 Å². The zero-order valence-corrected chi connectivity index (χ0v) is 18.0. The lowest BCUT2D eigenvalue weighted by atomic mass is 10.2. The molecule has 1 aromatic carbocycles. The number of aromatic nitrogens is 1. The summed E-state index contributed by atoms with van der Waals surface area (Å²) in [6.45, 7) is 4.42. The highest BCUT2D eigenvalue weighted by Crippen LogP contribution is 2.17. The molecule has 3 N–H and O–H groups in total. The van der Waals surface area contributed by atoms with Crippen LogP contribution < -0.4 is 15.4 Å². The molecule has 0 radical (unpaired) electrons. The quantitative estimate of drug-likeness (QED) is 0.665. The van der Waals surface area contributed by atoms with E-state index in [9.17, 15) is 18.0 Å². The molecule has 2 heterocycles. The van der Waals surface area contributed by atoms with Crippen LogP contribution in [0.3, 0.4) is 0 Å². The van der Waals surface area contributed by atoms with Gasteiger partial charge in [-0.05, 0) is 49.7 Å². The van der Waals surface area contributed by atoms with Crippen LogP contribution in [0.2, 0.25) is 0 Å². The van der Waals surface area contributed by atoms with Crippen molar-refractivity contribution in [2.75, 3.05) is 43.0 Å². The lowest BCUT2D eigenvalue weighted by Crippen LogP contribution is -2.38. The number of nitrogens with zero attached hydrogens (tertiary/aromatic N) is 3. The molecule has 1 fully saturated rings. The predicted molar refractivity (Wildman–Crippen MR) is 115 cm³/mol. The molecule has 2 aromatic rings. The smallest absolute Gasteiger partial charge is 0.339 e. The first-order chi connectivity index (χ1) is 14.8. The minimum absolute atomic E-state index is 0.0163. The number of carbonyl (C=O) groups excluding carboxylic acids is 2. The number of sulfonamides is 1. The SMILES string of the molecule is CCOC(=O)c1ccc(N2CCCN(C(=O)Nc3ccc(S(N)(=O)=O)cc3)CC2)nc1. The largest absolute Gasteiger partial charge is 0.462 e. The summed E-state index contributed by atoms with van der Waals surface area (Å²) >= 11 is 0. The monoisotopic (exact) mass is 447 g/mol. The third-order valence-electron chi connectivity index (χ3n) is 4.80. The second-order valence-corrected chi connectivity index (χ2v) is 8.51. The summed E-state index contributed by atoms with van der Waals surface area (Å²) < 4.78 is 27.6. The molecule has 31 heavy (non-hydrogen) atoms. The second kappa shape index (κ2) is 9.75. The number of esters is 1. The van der Waals surface area contributed by atoms with Gasteiger partial charge in [-0.1, -0.05) is 0 Å². The number of urea groups is 1. The molecule has 0 aliphatic carbocycles. The van der Waals surface area contributed by atoms with E-state index in [0.29, 0.717) is 37.5 Å². The van der Waals surface area contributed by atoms with Crippen LogP contribution in [-0.2, 0) is 14.8 Å². The Kier molecular flexibility index (Phi) is 7.08. The lowest BCUT2D eigenvalue weighted by Gasteiger charge is -2.23. The van der Waals surface area contributed by atoms with Gasteiger partial charge in [0, 0.05) is 38.1 Å². The summed E-state index contributed by atoms with van der Waals surface area (Å²) in [5.41, 5.74) is 0.879. The Hall–Kier alpha value is -3.18. The van der Waals surface area contributed by atoms with Gasteiger partial charge < -0.3 is 19.9 Å². The summed E-state index contributed by atoms with van der Waals surface area (Å²) in [6.07, 6.45) is 2.24. The average molecular weight is 448 g/mol. The van der Waals surface area contributed by atoms with Gasteiger partial charge in [-0.15, -0.1) is 0 Å². The number of nitrogens with two attached hydrogens (primary N) is 1. The Balaban J connectivity index is 1.58. The van der Waals surface area contributed by atoms with Crippen LogP contribution >= 0.6 is 0 Å². The van der Waals surface area contributed by atoms with Crippen LogP contribution in [-0.4, -0.2) is 63.1 Å². The Morgan fingerprint density at radius 1 is 1.10 bits per heavy atom. The van der Waals surface area contributed by atoms with E-state index in [0.717, 1.165) is 18.8 Å². The van der Waals surface area contributed by atoms with Gasteiger partial charge in [0.1, 0.15) is 5.82 Å². The van der Waals surface area contributed by atoms with E-state index < -0.39 is 16.0 Å². The summed E-state index contributed by atoms with van der Waals surface area (Å²) in [6, 6.07) is 8.88. The van der Waals surface area contributed by atoms with Gasteiger partial charge in [0.15, 0.2) is 0 Å². The molecule has 1 aromatic heterocycles. The van der Waals surface area contributed by atoms with Crippen molar-refractivity contribution in [1.82, 2.24) is 9.88 Å². The first kappa shape index (κ1) is 22.5. The fourth-order valence-electron chi connectivity index (χ4n) is 3.19. The van der Waals surface area contributed by atoms with E-state index in [1.807, 2.05) is 0 Å². The third-order valence-corrected chi connectivity index (χ3v) is 5.73. The van der Waals surface area contributed by atoms with Crippen molar-refractivity contribution >= 4 is 33.5 Å². The molecule has 0 saturated carbocycles. The molecule has 0 bridgehead atoms. The maximum atomic E-state index is 12.6. The minimum atomic E-state index is -3.78. The molecule has 11 heteroatoms. The van der Waals surface area contributed by atoms with Crippen molar-refractivity contribution in [3.05, 3.63) is 48.2 Å². The molecule has 166 valence electrons. The number of primary sulfonamides is 1. The number of hydrogen-bond donors (Lipinski definition) is 2. The zero-order chi connectivity index (χ0) is 22.4. The Morgan fingerprint density at radius 2 is 1.84 bits per heavy atom. The molecule has 0 atom stereocenters. The molecule has 1 saturated heterocycles. The van der Waals surface area contributed by atoms with Gasteiger partial charge in [0.25, 0.3) is 0 Å². The minimum Gasteiger partial charge on any atom is -0.462 e. The average Bonchev–Trinajstić information content (AvgIpc) is 3.00. The van der Waals surface area contributed by atoms with E-state index in [2.05, 4.69) is 15.2 Å². The highest BCUT2D eigenvalue weighted by atomic mass is 32.2. The van der Waals surface area contributed by atoms with Gasteiger partial charge in [0.2, 0.25) is 10.0 Å². The number of ether oxygens (including phenoxy) is 1. The number of pyridine rings is 1. The van der Waals surface area contributed by atoms with E-state index in [-0.39, 0.29) is 10.9 Å². The van der Waals surface area contributed by atoms with Crippen LogP contribution in [0.1, 0.15) is 23.7 Å². The summed E-state index contributed by atoms with van der Waals surface area (Å²) in [7, 11) is -3.78. The van der Waals surface area contributed by atoms with Crippen molar-refractivity contribution < 1.29 is 22.7 Å². The number of carbonyl (C=O) groups is 2. The number of hydrogen-bond acceptors (Lipinski definition) is 7. The Morgan fingerprint density at radius 3 is 2.45 bits per heavy atom. The highest BCUT2D eigenvalue weighted by Gasteiger charge is 2.20. The van der Waals surface area contributed by atoms with Crippen LogP contribution in [0.15, 0.2) is 47.5 Å². The molecule has 0 unspecified atom stereocenters. The second-order valence-electron chi connectivity index (χ2n) is 6.95. The van der Waals surface area contributed by atoms with Gasteiger partial charge in [-0.2, -0.15) is 0 Å². The fraction of sp³-hybridized carbons (Fsp3) is 0.350. The molecule has 2 amide bonds. The number of rotatable bonds is 5. The number of amides is 2. The van der Waals surface area contributed by atoms with Crippen molar-refractivity contribution in [3.63, 3.8) is 0 Å². The van der Waals surface area contributed by atoms with E-state index >= 15 is 0 Å². The predicted octanol–water partition coefficient (Wildman–Crippen LogP) is 1.65. The first-order valence-corrected chi connectivity index (χ1v) is 11.4. The van der Waals surface area contributed by atoms with Crippen LogP contribution in [0.4, 0.5) is 16.3 Å². The summed E-state index contributed by atoms with van der Waals surface area (Å²) in [4.78, 5) is 32.5. The van der Waals surface area contributed by atoms with Crippen molar-refractivity contribution in [2.24, 2.45) is 5.14 Å². The highest BCUT2D eigenvalue weighted by molar-refractivity contribution is 7.89.